The highest BCUT2D eigenvalue weighted by atomic mass is 16.7. The van der Waals surface area contributed by atoms with E-state index in [-0.39, 0.29) is 29.7 Å². The molecule has 0 unspecified atom stereocenters. The zero-order valence-corrected chi connectivity index (χ0v) is 30.5. The molecule has 3 fully saturated rings. The number of rotatable bonds is 6. The standard InChI is InChI=1S/C36H43N3O13/c1-17-23-25(48-18(2)40)28(43)34(9)21(49-31(45)52-32(4,5)6)15-22-35(16-47-22,51-19(3)41)26(34)29(50-30(44)20-13-11-10-12-14-20)36(46,33(23,7)8)27(24(17)42)38-39-37/h10-14,21-22,25-27,29,46H,15-16H2,1-9H3/t21-,22+,25+,26-,27-,29-,34+,35-,36+/m0/s1. The van der Waals surface area contributed by atoms with Crippen LogP contribution in [-0.4, -0.2) is 94.6 Å². The minimum atomic E-state index is -2.75. The summed E-state index contributed by atoms with van der Waals surface area (Å²) in [5.74, 6) is -6.37. The summed E-state index contributed by atoms with van der Waals surface area (Å²) in [4.78, 5) is 85.8. The van der Waals surface area contributed by atoms with Crippen LogP contribution in [0.15, 0.2) is 46.6 Å². The van der Waals surface area contributed by atoms with Gasteiger partial charge in [0.15, 0.2) is 23.3 Å². The van der Waals surface area contributed by atoms with Gasteiger partial charge in [0.05, 0.1) is 23.5 Å². The van der Waals surface area contributed by atoms with Gasteiger partial charge < -0.3 is 33.5 Å². The Morgan fingerprint density at radius 2 is 1.63 bits per heavy atom. The molecule has 2 saturated carbocycles. The number of hydrogen-bond acceptors (Lipinski definition) is 14. The van der Waals surface area contributed by atoms with E-state index in [1.807, 2.05) is 0 Å². The molecular formula is C36H43N3O13. The Bertz CT molecular complexity index is 1790. The van der Waals surface area contributed by atoms with Crippen molar-refractivity contribution in [1.29, 1.82) is 0 Å². The van der Waals surface area contributed by atoms with Gasteiger partial charge >= 0.3 is 24.1 Å². The largest absolute Gasteiger partial charge is 0.509 e. The van der Waals surface area contributed by atoms with E-state index in [2.05, 4.69) is 10.0 Å². The van der Waals surface area contributed by atoms with Crippen molar-refractivity contribution in [2.75, 3.05) is 6.61 Å². The lowest BCUT2D eigenvalue weighted by Gasteiger charge is -2.67. The lowest BCUT2D eigenvalue weighted by atomic mass is 9.44. The molecule has 16 nitrogen and oxygen atoms in total. The normalized spacial score (nSPS) is 34.8. The van der Waals surface area contributed by atoms with E-state index in [1.54, 1.807) is 39.0 Å². The molecule has 1 saturated heterocycles. The third kappa shape index (κ3) is 5.82. The first-order chi connectivity index (χ1) is 24.1. The summed E-state index contributed by atoms with van der Waals surface area (Å²) < 4.78 is 35.2. The van der Waals surface area contributed by atoms with Crippen LogP contribution in [0.2, 0.25) is 0 Å². The molecule has 0 radical (unpaired) electrons. The molecule has 0 amide bonds. The average molecular weight is 726 g/mol. The second-order valence-corrected chi connectivity index (χ2v) is 15.4. The Balaban J connectivity index is 1.93. The maximum absolute atomic E-state index is 15.5. The summed E-state index contributed by atoms with van der Waals surface area (Å²) in [6.07, 6.45) is -8.04. The number of aliphatic hydroxyl groups is 1. The van der Waals surface area contributed by atoms with Gasteiger partial charge in [-0.15, -0.1) is 0 Å². The van der Waals surface area contributed by atoms with Crippen LogP contribution in [-0.2, 0) is 47.6 Å². The number of ketones is 2. The molecule has 1 aliphatic heterocycles. The van der Waals surface area contributed by atoms with Crippen molar-refractivity contribution in [1.82, 2.24) is 0 Å². The second-order valence-electron chi connectivity index (χ2n) is 15.4. The minimum Gasteiger partial charge on any atom is -0.455 e. The van der Waals surface area contributed by atoms with Crippen LogP contribution in [0.5, 0.6) is 0 Å². The van der Waals surface area contributed by atoms with Crippen LogP contribution in [0.4, 0.5) is 4.79 Å². The van der Waals surface area contributed by atoms with Crippen LogP contribution in [0.1, 0.15) is 79.1 Å². The van der Waals surface area contributed by atoms with Gasteiger partial charge in [0.25, 0.3) is 0 Å². The quantitative estimate of drug-likeness (QED) is 0.143. The summed E-state index contributed by atoms with van der Waals surface area (Å²) in [5.41, 5.74) is -0.240. The van der Waals surface area contributed by atoms with E-state index in [4.69, 9.17) is 28.4 Å². The van der Waals surface area contributed by atoms with Gasteiger partial charge in [0, 0.05) is 30.6 Å². The van der Waals surface area contributed by atoms with Crippen LogP contribution in [0.25, 0.3) is 10.4 Å². The molecule has 0 spiro atoms. The number of nitrogens with zero attached hydrogens (tertiary/aromatic N) is 3. The van der Waals surface area contributed by atoms with Gasteiger partial charge in [-0.05, 0) is 63.4 Å². The molecule has 280 valence electrons. The van der Waals surface area contributed by atoms with E-state index in [0.29, 0.717) is 0 Å². The first-order valence-electron chi connectivity index (χ1n) is 16.8. The number of hydrogen-bond donors (Lipinski definition) is 1. The van der Waals surface area contributed by atoms with Crippen molar-refractivity contribution >= 4 is 35.6 Å². The van der Waals surface area contributed by atoms with E-state index in [1.165, 1.54) is 39.8 Å². The molecule has 5 rings (SSSR count). The number of fused-ring (bicyclic) bond motifs is 5. The smallest absolute Gasteiger partial charge is 0.455 e. The molecule has 1 heterocycles. The Morgan fingerprint density at radius 3 is 2.15 bits per heavy atom. The SMILES string of the molecule is CC(=O)O[C@H]1C(=O)[C@]2(C)[C@@H](OC(=O)OC(C)(C)C)C[C@H]3OC[C@@]3(OC(C)=O)[C@H]2[C@H](OC(=O)c2ccccc2)[C@]2(O)[C@@H](N=[N+]=[N-])C(=O)C(C)=C1C2(C)C. The van der Waals surface area contributed by atoms with E-state index >= 15 is 4.79 Å². The molecule has 1 N–H and O–H groups in total. The van der Waals surface area contributed by atoms with Gasteiger partial charge in [-0.2, -0.15) is 0 Å². The fourth-order valence-electron chi connectivity index (χ4n) is 8.59. The zero-order valence-electron chi connectivity index (χ0n) is 30.5. The molecule has 2 bridgehead atoms. The van der Waals surface area contributed by atoms with Gasteiger partial charge in [0.2, 0.25) is 0 Å². The third-order valence-corrected chi connectivity index (χ3v) is 10.9. The van der Waals surface area contributed by atoms with Crippen molar-refractivity contribution in [2.24, 2.45) is 21.9 Å². The molecule has 1 aromatic rings. The Morgan fingerprint density at radius 1 is 1.00 bits per heavy atom. The first kappa shape index (κ1) is 38.4. The lowest BCUT2D eigenvalue weighted by molar-refractivity contribution is -0.345. The van der Waals surface area contributed by atoms with Crippen LogP contribution >= 0.6 is 0 Å². The fourth-order valence-corrected chi connectivity index (χ4v) is 8.59. The van der Waals surface area contributed by atoms with Crippen LogP contribution in [0.3, 0.4) is 0 Å². The maximum Gasteiger partial charge on any atom is 0.509 e. The highest BCUT2D eigenvalue weighted by Crippen LogP contribution is 2.64. The molecule has 52 heavy (non-hydrogen) atoms. The Hall–Kier alpha value is -4.79. The van der Waals surface area contributed by atoms with Crippen LogP contribution < -0.4 is 0 Å². The van der Waals surface area contributed by atoms with Gasteiger partial charge in [-0.3, -0.25) is 19.2 Å². The number of azide groups is 1. The highest BCUT2D eigenvalue weighted by Gasteiger charge is 2.80. The monoisotopic (exact) mass is 725 g/mol. The molecular weight excluding hydrogens is 682 g/mol. The van der Waals surface area contributed by atoms with E-state index < -0.39 is 99.6 Å². The van der Waals surface area contributed by atoms with Crippen molar-refractivity contribution in [3.8, 4) is 0 Å². The number of carbonyl (C=O) groups excluding carboxylic acids is 6. The Labute approximate surface area is 299 Å². The number of esters is 3. The van der Waals surface area contributed by atoms with E-state index in [0.717, 1.165) is 13.8 Å². The number of benzene rings is 1. The number of carbonyl (C=O) groups is 6. The van der Waals surface area contributed by atoms with Crippen LogP contribution in [0, 0.1) is 16.7 Å². The second kappa shape index (κ2) is 13.0. The highest BCUT2D eigenvalue weighted by molar-refractivity contribution is 6.06. The zero-order chi connectivity index (χ0) is 38.8. The number of ether oxygens (including phenoxy) is 6. The van der Waals surface area contributed by atoms with Gasteiger partial charge in [-0.25, -0.2) is 9.59 Å². The van der Waals surface area contributed by atoms with Gasteiger partial charge in [-0.1, -0.05) is 37.2 Å². The summed E-state index contributed by atoms with van der Waals surface area (Å²) in [6, 6.07) is 5.63. The predicted octanol–water partition coefficient (Wildman–Crippen LogP) is 4.11. The molecule has 0 aromatic heterocycles. The van der Waals surface area contributed by atoms with E-state index in [9.17, 15) is 34.6 Å². The molecule has 9 atom stereocenters. The summed E-state index contributed by atoms with van der Waals surface area (Å²) in [6.45, 7) is 12.1. The number of Topliss-reactive ketones (excluding diaryl/α,β-unsaturated/α-hetero) is 2. The molecule has 16 heteroatoms. The molecule has 1 aromatic carbocycles. The molecule has 3 aliphatic carbocycles. The van der Waals surface area contributed by atoms with Gasteiger partial charge in [0.1, 0.15) is 35.6 Å². The minimum absolute atomic E-state index is 0.00603. The van der Waals surface area contributed by atoms with Crippen molar-refractivity contribution < 1.29 is 62.3 Å². The van der Waals surface area contributed by atoms with Crippen molar-refractivity contribution in [2.45, 2.75) is 116 Å². The topological polar surface area (TPSA) is 227 Å². The third-order valence-electron chi connectivity index (χ3n) is 10.9. The lowest BCUT2D eigenvalue weighted by Crippen LogP contribution is -2.83. The summed E-state index contributed by atoms with van der Waals surface area (Å²) in [7, 11) is 0. The average Bonchev–Trinajstić information content (AvgIpc) is 3.03. The van der Waals surface area contributed by atoms with Crippen molar-refractivity contribution in [3.05, 3.63) is 57.5 Å². The summed E-state index contributed by atoms with van der Waals surface area (Å²) in [5, 5.41) is 17.1. The summed E-state index contributed by atoms with van der Waals surface area (Å²) >= 11 is 0. The molecule has 4 aliphatic rings. The predicted molar refractivity (Wildman–Crippen MR) is 177 cm³/mol. The fraction of sp³-hybridized carbons (Fsp3) is 0.611. The van der Waals surface area contributed by atoms with Crippen molar-refractivity contribution in [3.63, 3.8) is 0 Å². The maximum atomic E-state index is 15.5. The Kier molecular flexibility index (Phi) is 9.62. The first-order valence-corrected chi connectivity index (χ1v) is 16.8.